The van der Waals surface area contributed by atoms with Crippen LogP contribution >= 0.6 is 23.8 Å². The highest BCUT2D eigenvalue weighted by Crippen LogP contribution is 2.30. The Morgan fingerprint density at radius 2 is 1.69 bits per heavy atom. The SMILES string of the molecule is CN(C)c1ccc(C(=S)N2CCN(c3nsc4ccccc34)CC2)cc1. The molecule has 134 valence electrons. The van der Waals surface area contributed by atoms with Crippen LogP contribution in [0.15, 0.2) is 48.5 Å². The monoisotopic (exact) mass is 382 g/mol. The summed E-state index contributed by atoms with van der Waals surface area (Å²) in [6, 6.07) is 17.0. The highest BCUT2D eigenvalue weighted by atomic mass is 32.1. The number of fused-ring (bicyclic) bond motifs is 1. The largest absolute Gasteiger partial charge is 0.378 e. The topological polar surface area (TPSA) is 22.6 Å². The second-order valence-electron chi connectivity index (χ2n) is 6.72. The van der Waals surface area contributed by atoms with Crippen molar-refractivity contribution in [2.45, 2.75) is 0 Å². The van der Waals surface area contributed by atoms with Crippen molar-refractivity contribution < 1.29 is 0 Å². The summed E-state index contributed by atoms with van der Waals surface area (Å²) in [7, 11) is 4.10. The maximum absolute atomic E-state index is 5.75. The molecule has 0 amide bonds. The van der Waals surface area contributed by atoms with Gasteiger partial charge in [0.05, 0.1) is 4.70 Å². The molecule has 3 aromatic rings. The van der Waals surface area contributed by atoms with Crippen molar-refractivity contribution >= 4 is 50.3 Å². The van der Waals surface area contributed by atoms with Gasteiger partial charge in [0.1, 0.15) is 10.8 Å². The summed E-state index contributed by atoms with van der Waals surface area (Å²) in [4.78, 5) is 7.74. The Labute approximate surface area is 163 Å². The quantitative estimate of drug-likeness (QED) is 0.640. The fourth-order valence-electron chi connectivity index (χ4n) is 3.31. The zero-order valence-electron chi connectivity index (χ0n) is 15.1. The third-order valence-electron chi connectivity index (χ3n) is 4.86. The van der Waals surface area contributed by atoms with E-state index in [9.17, 15) is 0 Å². The van der Waals surface area contributed by atoms with Crippen LogP contribution in [0.1, 0.15) is 5.56 Å². The Morgan fingerprint density at radius 1 is 1.00 bits per heavy atom. The molecule has 2 heterocycles. The van der Waals surface area contributed by atoms with E-state index in [0.29, 0.717) is 0 Å². The van der Waals surface area contributed by atoms with Crippen molar-refractivity contribution in [3.05, 3.63) is 54.1 Å². The van der Waals surface area contributed by atoms with Crippen molar-refractivity contribution in [1.82, 2.24) is 9.27 Å². The second-order valence-corrected chi connectivity index (χ2v) is 7.91. The molecule has 0 spiro atoms. The van der Waals surface area contributed by atoms with Crippen LogP contribution in [0.2, 0.25) is 0 Å². The third-order valence-corrected chi connectivity index (χ3v) is 6.17. The van der Waals surface area contributed by atoms with Gasteiger partial charge in [-0.2, -0.15) is 4.37 Å². The zero-order chi connectivity index (χ0) is 18.1. The molecule has 0 aliphatic carbocycles. The van der Waals surface area contributed by atoms with E-state index >= 15 is 0 Å². The van der Waals surface area contributed by atoms with Crippen molar-refractivity contribution in [1.29, 1.82) is 0 Å². The lowest BCUT2D eigenvalue weighted by Crippen LogP contribution is -2.48. The summed E-state index contributed by atoms with van der Waals surface area (Å²) in [5, 5.41) is 1.26. The third kappa shape index (κ3) is 3.27. The molecule has 0 radical (unpaired) electrons. The van der Waals surface area contributed by atoms with Gasteiger partial charge < -0.3 is 14.7 Å². The molecule has 0 saturated carbocycles. The smallest absolute Gasteiger partial charge is 0.150 e. The van der Waals surface area contributed by atoms with E-state index < -0.39 is 0 Å². The van der Waals surface area contributed by atoms with Crippen LogP contribution in [0.4, 0.5) is 11.5 Å². The minimum atomic E-state index is 0.931. The molecule has 1 fully saturated rings. The van der Waals surface area contributed by atoms with Crippen LogP contribution in [0.25, 0.3) is 10.1 Å². The summed E-state index contributed by atoms with van der Waals surface area (Å²) >= 11 is 7.33. The van der Waals surface area contributed by atoms with Gasteiger partial charge in [0.2, 0.25) is 0 Å². The Kier molecular flexibility index (Phi) is 4.78. The molecule has 0 unspecified atom stereocenters. The second kappa shape index (κ2) is 7.21. The van der Waals surface area contributed by atoms with Crippen LogP contribution in [0, 0.1) is 0 Å². The summed E-state index contributed by atoms with van der Waals surface area (Å²) in [5.74, 6) is 1.12. The molecular weight excluding hydrogens is 360 g/mol. The van der Waals surface area contributed by atoms with Gasteiger partial charge in [-0.25, -0.2) is 0 Å². The van der Waals surface area contributed by atoms with Gasteiger partial charge in [-0.05, 0) is 47.9 Å². The Hall–Kier alpha value is -2.18. The van der Waals surface area contributed by atoms with E-state index in [0.717, 1.165) is 42.5 Å². The van der Waals surface area contributed by atoms with Crippen LogP contribution < -0.4 is 9.80 Å². The van der Waals surface area contributed by atoms with Gasteiger partial charge >= 0.3 is 0 Å². The first-order valence-corrected chi connectivity index (χ1v) is 9.97. The van der Waals surface area contributed by atoms with Crippen molar-refractivity contribution in [3.8, 4) is 0 Å². The highest BCUT2D eigenvalue weighted by Gasteiger charge is 2.22. The maximum atomic E-state index is 5.75. The maximum Gasteiger partial charge on any atom is 0.150 e. The average molecular weight is 383 g/mol. The first kappa shape index (κ1) is 17.2. The molecule has 0 atom stereocenters. The number of hydrogen-bond donors (Lipinski definition) is 0. The molecule has 1 saturated heterocycles. The lowest BCUT2D eigenvalue weighted by Gasteiger charge is -2.36. The molecule has 4 nitrogen and oxygen atoms in total. The Morgan fingerprint density at radius 3 is 2.38 bits per heavy atom. The van der Waals surface area contributed by atoms with E-state index in [4.69, 9.17) is 12.2 Å². The van der Waals surface area contributed by atoms with Crippen molar-refractivity contribution in [3.63, 3.8) is 0 Å². The number of aromatic nitrogens is 1. The lowest BCUT2D eigenvalue weighted by atomic mass is 10.1. The molecule has 1 aromatic heterocycles. The predicted molar refractivity (Wildman–Crippen MR) is 116 cm³/mol. The van der Waals surface area contributed by atoms with E-state index in [1.165, 1.54) is 15.8 Å². The molecular formula is C20H22N4S2. The number of rotatable bonds is 3. The van der Waals surface area contributed by atoms with Gasteiger partial charge in [0.15, 0.2) is 0 Å². The van der Waals surface area contributed by atoms with Gasteiger partial charge in [-0.15, -0.1) is 0 Å². The van der Waals surface area contributed by atoms with E-state index in [2.05, 4.69) is 81.7 Å². The van der Waals surface area contributed by atoms with Crippen LogP contribution in [-0.2, 0) is 0 Å². The number of hydrogen-bond acceptors (Lipinski definition) is 5. The first-order chi connectivity index (χ1) is 12.6. The number of piperazine rings is 1. The van der Waals surface area contributed by atoms with E-state index in [-0.39, 0.29) is 0 Å². The number of benzene rings is 2. The highest BCUT2D eigenvalue weighted by molar-refractivity contribution is 7.80. The zero-order valence-corrected chi connectivity index (χ0v) is 16.7. The molecule has 26 heavy (non-hydrogen) atoms. The minimum Gasteiger partial charge on any atom is -0.378 e. The molecule has 4 rings (SSSR count). The lowest BCUT2D eigenvalue weighted by molar-refractivity contribution is 0.391. The Balaban J connectivity index is 1.44. The van der Waals surface area contributed by atoms with Crippen molar-refractivity contribution in [2.24, 2.45) is 0 Å². The summed E-state index contributed by atoms with van der Waals surface area (Å²) in [6.45, 7) is 3.76. The van der Waals surface area contributed by atoms with Crippen molar-refractivity contribution in [2.75, 3.05) is 50.1 Å². The van der Waals surface area contributed by atoms with Crippen LogP contribution in [0.3, 0.4) is 0 Å². The number of anilines is 2. The normalized spacial score (nSPS) is 14.7. The molecule has 1 aliphatic rings. The Bertz CT molecular complexity index is 909. The van der Waals surface area contributed by atoms with Crippen LogP contribution in [0.5, 0.6) is 0 Å². The van der Waals surface area contributed by atoms with Gasteiger partial charge in [0.25, 0.3) is 0 Å². The summed E-state index contributed by atoms with van der Waals surface area (Å²) < 4.78 is 5.94. The van der Waals surface area contributed by atoms with Crippen LogP contribution in [-0.4, -0.2) is 54.5 Å². The van der Waals surface area contributed by atoms with Gasteiger partial charge in [-0.1, -0.05) is 24.4 Å². The number of nitrogens with zero attached hydrogens (tertiary/aromatic N) is 4. The predicted octanol–water partition coefficient (Wildman–Crippen LogP) is 3.86. The van der Waals surface area contributed by atoms with E-state index in [1.807, 2.05) is 0 Å². The standard InChI is InChI=1S/C20H22N4S2/c1-22(2)16-9-7-15(8-10-16)20(25)24-13-11-23(12-14-24)19-17-5-3-4-6-18(17)26-21-19/h3-10H,11-14H2,1-2H3. The first-order valence-electron chi connectivity index (χ1n) is 8.79. The molecule has 0 N–H and O–H groups in total. The minimum absolute atomic E-state index is 0.931. The summed E-state index contributed by atoms with van der Waals surface area (Å²) in [6.07, 6.45) is 0. The molecule has 6 heteroatoms. The fraction of sp³-hybridized carbons (Fsp3) is 0.300. The fourth-order valence-corrected chi connectivity index (χ4v) is 4.42. The van der Waals surface area contributed by atoms with E-state index in [1.54, 1.807) is 11.5 Å². The average Bonchev–Trinajstić information content (AvgIpc) is 3.12. The molecule has 1 aliphatic heterocycles. The summed E-state index contributed by atoms with van der Waals surface area (Å²) in [5.41, 5.74) is 2.31. The number of thiocarbonyl (C=S) groups is 1. The van der Waals surface area contributed by atoms with Gasteiger partial charge in [0, 0.05) is 56.9 Å². The molecule has 2 aromatic carbocycles. The van der Waals surface area contributed by atoms with Gasteiger partial charge in [-0.3, -0.25) is 0 Å². The molecule has 0 bridgehead atoms.